The average Bonchev–Trinajstić information content (AvgIpc) is 2.48. The summed E-state index contributed by atoms with van der Waals surface area (Å²) in [7, 11) is 0. The number of halogens is 2. The van der Waals surface area contributed by atoms with E-state index >= 15 is 0 Å². The van der Waals surface area contributed by atoms with Gasteiger partial charge in [-0.2, -0.15) is 0 Å². The van der Waals surface area contributed by atoms with Crippen molar-refractivity contribution >= 4 is 39.9 Å². The molecule has 1 aromatic heterocycles. The number of hydrogen-bond acceptors (Lipinski definition) is 2. The van der Waals surface area contributed by atoms with Gasteiger partial charge in [0.05, 0.1) is 15.6 Å². The molecular formula is C17H11Cl2NO. The molecule has 1 heterocycles. The first kappa shape index (κ1) is 14.1. The minimum absolute atomic E-state index is 0.0877. The quantitative estimate of drug-likeness (QED) is 0.617. The maximum absolute atomic E-state index is 12.7. The molecule has 0 saturated carbocycles. The first-order valence-corrected chi connectivity index (χ1v) is 7.18. The number of carbonyl (C=O) groups is 1. The molecule has 0 aliphatic heterocycles. The first-order valence-electron chi connectivity index (χ1n) is 6.42. The van der Waals surface area contributed by atoms with Gasteiger partial charge in [-0.25, -0.2) is 0 Å². The number of pyridine rings is 1. The summed E-state index contributed by atoms with van der Waals surface area (Å²) in [6, 6.07) is 14.3. The highest BCUT2D eigenvalue weighted by Gasteiger charge is 2.15. The Hall–Kier alpha value is -1.90. The second kappa shape index (κ2) is 5.47. The van der Waals surface area contributed by atoms with Crippen molar-refractivity contribution < 1.29 is 4.79 Å². The Kier molecular flexibility index (Phi) is 3.66. The summed E-state index contributed by atoms with van der Waals surface area (Å²) in [6.45, 7) is 1.87. The highest BCUT2D eigenvalue weighted by atomic mass is 35.5. The van der Waals surface area contributed by atoms with Crippen molar-refractivity contribution in [3.05, 3.63) is 75.4 Å². The number of hydrogen-bond donors (Lipinski definition) is 0. The molecule has 0 unspecified atom stereocenters. The van der Waals surface area contributed by atoms with E-state index in [9.17, 15) is 4.79 Å². The predicted molar refractivity (Wildman–Crippen MR) is 86.4 cm³/mol. The van der Waals surface area contributed by atoms with Gasteiger partial charge in [0.1, 0.15) is 0 Å². The molecule has 0 aliphatic rings. The van der Waals surface area contributed by atoms with Gasteiger partial charge in [-0.3, -0.25) is 9.78 Å². The van der Waals surface area contributed by atoms with E-state index < -0.39 is 0 Å². The summed E-state index contributed by atoms with van der Waals surface area (Å²) in [5, 5.41) is 1.64. The van der Waals surface area contributed by atoms with Crippen LogP contribution in [0.15, 0.2) is 48.5 Å². The molecule has 104 valence electrons. The van der Waals surface area contributed by atoms with Gasteiger partial charge in [0.15, 0.2) is 5.78 Å². The topological polar surface area (TPSA) is 30.0 Å². The second-order valence-electron chi connectivity index (χ2n) is 4.79. The van der Waals surface area contributed by atoms with Crippen molar-refractivity contribution in [2.45, 2.75) is 6.92 Å². The van der Waals surface area contributed by atoms with Crippen LogP contribution < -0.4 is 0 Å². The maximum atomic E-state index is 12.7. The number of rotatable bonds is 2. The third-order valence-corrected chi connectivity index (χ3v) is 4.01. The largest absolute Gasteiger partial charge is 0.289 e. The first-order chi connectivity index (χ1) is 10.1. The van der Waals surface area contributed by atoms with Crippen LogP contribution in [0.25, 0.3) is 10.9 Å². The lowest BCUT2D eigenvalue weighted by atomic mass is 9.99. The molecule has 21 heavy (non-hydrogen) atoms. The standard InChI is InChI=1S/C17H11Cl2NO/c1-10-8-13(12-4-2-3-5-16(12)20-10)17(21)11-6-7-14(18)15(19)9-11/h2-9H,1H3. The smallest absolute Gasteiger partial charge is 0.193 e. The highest BCUT2D eigenvalue weighted by Crippen LogP contribution is 2.26. The average molecular weight is 316 g/mol. The van der Waals surface area contributed by atoms with E-state index in [1.54, 1.807) is 24.3 Å². The summed E-state index contributed by atoms with van der Waals surface area (Å²) in [5.74, 6) is -0.0877. The third-order valence-electron chi connectivity index (χ3n) is 3.27. The summed E-state index contributed by atoms with van der Waals surface area (Å²) in [5.41, 5.74) is 2.75. The number of aromatic nitrogens is 1. The van der Waals surface area contributed by atoms with Crippen LogP contribution in [0.1, 0.15) is 21.6 Å². The Morgan fingerprint density at radius 1 is 1.00 bits per heavy atom. The lowest BCUT2D eigenvalue weighted by Crippen LogP contribution is -2.04. The van der Waals surface area contributed by atoms with Crippen molar-refractivity contribution in [1.82, 2.24) is 4.98 Å². The Balaban J connectivity index is 2.19. The molecule has 2 nitrogen and oxygen atoms in total. The van der Waals surface area contributed by atoms with Gasteiger partial charge in [0.2, 0.25) is 0 Å². The van der Waals surface area contributed by atoms with Crippen LogP contribution in [0.5, 0.6) is 0 Å². The zero-order valence-electron chi connectivity index (χ0n) is 11.2. The predicted octanol–water partition coefficient (Wildman–Crippen LogP) is 5.08. The van der Waals surface area contributed by atoms with Crippen LogP contribution in [0.4, 0.5) is 0 Å². The Morgan fingerprint density at radius 3 is 2.52 bits per heavy atom. The van der Waals surface area contributed by atoms with E-state index in [0.717, 1.165) is 16.6 Å². The molecule has 0 bridgehead atoms. The van der Waals surface area contributed by atoms with E-state index in [0.29, 0.717) is 21.2 Å². The number of carbonyl (C=O) groups excluding carboxylic acids is 1. The Labute approximate surface area is 132 Å². The lowest BCUT2D eigenvalue weighted by molar-refractivity contribution is 0.104. The van der Waals surface area contributed by atoms with Crippen molar-refractivity contribution in [3.63, 3.8) is 0 Å². The SMILES string of the molecule is Cc1cc(C(=O)c2ccc(Cl)c(Cl)c2)c2ccccc2n1. The van der Waals surface area contributed by atoms with E-state index in [1.165, 1.54) is 0 Å². The number of para-hydroxylation sites is 1. The van der Waals surface area contributed by atoms with Crippen LogP contribution in [-0.4, -0.2) is 10.8 Å². The Morgan fingerprint density at radius 2 is 1.76 bits per heavy atom. The normalized spacial score (nSPS) is 10.8. The molecule has 0 radical (unpaired) electrons. The summed E-state index contributed by atoms with van der Waals surface area (Å²) < 4.78 is 0. The molecule has 3 aromatic rings. The molecule has 0 saturated heterocycles. The van der Waals surface area contributed by atoms with Crippen molar-refractivity contribution in [2.75, 3.05) is 0 Å². The third kappa shape index (κ3) is 2.65. The molecule has 0 N–H and O–H groups in total. The minimum atomic E-state index is -0.0877. The molecule has 0 atom stereocenters. The zero-order valence-corrected chi connectivity index (χ0v) is 12.7. The van der Waals surface area contributed by atoms with Crippen LogP contribution in [-0.2, 0) is 0 Å². The minimum Gasteiger partial charge on any atom is -0.289 e. The van der Waals surface area contributed by atoms with E-state index in [2.05, 4.69) is 4.98 Å². The summed E-state index contributed by atoms with van der Waals surface area (Å²) in [6.07, 6.45) is 0. The van der Waals surface area contributed by atoms with Crippen LogP contribution in [0, 0.1) is 6.92 Å². The molecule has 3 rings (SSSR count). The van der Waals surface area contributed by atoms with Gasteiger partial charge < -0.3 is 0 Å². The highest BCUT2D eigenvalue weighted by molar-refractivity contribution is 6.42. The van der Waals surface area contributed by atoms with Crippen molar-refractivity contribution in [3.8, 4) is 0 Å². The molecule has 0 aliphatic carbocycles. The van der Waals surface area contributed by atoms with Crippen molar-refractivity contribution in [1.29, 1.82) is 0 Å². The molecule has 2 aromatic carbocycles. The summed E-state index contributed by atoms with van der Waals surface area (Å²) >= 11 is 11.9. The van der Waals surface area contributed by atoms with Gasteiger partial charge >= 0.3 is 0 Å². The molecule has 0 fully saturated rings. The molecule has 0 spiro atoms. The number of ketones is 1. The van der Waals surface area contributed by atoms with Gasteiger partial charge in [-0.05, 0) is 37.3 Å². The summed E-state index contributed by atoms with van der Waals surface area (Å²) in [4.78, 5) is 17.2. The lowest BCUT2D eigenvalue weighted by Gasteiger charge is -2.08. The maximum Gasteiger partial charge on any atom is 0.193 e. The van der Waals surface area contributed by atoms with E-state index in [-0.39, 0.29) is 5.78 Å². The number of benzene rings is 2. The van der Waals surface area contributed by atoms with Crippen LogP contribution >= 0.6 is 23.2 Å². The Bertz CT molecular complexity index is 859. The van der Waals surface area contributed by atoms with E-state index in [1.807, 2.05) is 31.2 Å². The van der Waals surface area contributed by atoms with Crippen LogP contribution in [0.3, 0.4) is 0 Å². The van der Waals surface area contributed by atoms with Crippen molar-refractivity contribution in [2.24, 2.45) is 0 Å². The monoisotopic (exact) mass is 315 g/mol. The fourth-order valence-electron chi connectivity index (χ4n) is 2.29. The van der Waals surface area contributed by atoms with Gasteiger partial charge in [0.25, 0.3) is 0 Å². The van der Waals surface area contributed by atoms with Gasteiger partial charge in [-0.1, -0.05) is 41.4 Å². The molecule has 4 heteroatoms. The second-order valence-corrected chi connectivity index (χ2v) is 5.60. The number of aryl methyl sites for hydroxylation is 1. The van der Waals surface area contributed by atoms with E-state index in [4.69, 9.17) is 23.2 Å². The fraction of sp³-hybridized carbons (Fsp3) is 0.0588. The van der Waals surface area contributed by atoms with Gasteiger partial charge in [0, 0.05) is 22.2 Å². The fourth-order valence-corrected chi connectivity index (χ4v) is 2.59. The zero-order chi connectivity index (χ0) is 15.0. The molecule has 0 amide bonds. The van der Waals surface area contributed by atoms with Crippen LogP contribution in [0.2, 0.25) is 10.0 Å². The van der Waals surface area contributed by atoms with Gasteiger partial charge in [-0.15, -0.1) is 0 Å². The number of fused-ring (bicyclic) bond motifs is 1. The number of nitrogens with zero attached hydrogens (tertiary/aromatic N) is 1. The molecular weight excluding hydrogens is 305 g/mol.